The van der Waals surface area contributed by atoms with Crippen LogP contribution in [-0.2, 0) is 0 Å². The van der Waals surface area contributed by atoms with Crippen LogP contribution < -0.4 is 4.74 Å². The lowest BCUT2D eigenvalue weighted by molar-refractivity contribution is 0.398. The highest BCUT2D eigenvalue weighted by Gasteiger charge is 2.16. The third-order valence-electron chi connectivity index (χ3n) is 4.10. The Balaban J connectivity index is 1.73. The molecule has 1 aromatic carbocycles. The fraction of sp³-hybridized carbons (Fsp3) is 0.105. The van der Waals surface area contributed by atoms with E-state index in [0.717, 1.165) is 23.9 Å². The maximum atomic E-state index is 14.0. The van der Waals surface area contributed by atoms with E-state index in [0.29, 0.717) is 23.2 Å². The summed E-state index contributed by atoms with van der Waals surface area (Å²) in [4.78, 5) is 12.7. The third kappa shape index (κ3) is 3.18. The van der Waals surface area contributed by atoms with Crippen molar-refractivity contribution in [3.05, 3.63) is 66.4 Å². The molecule has 0 saturated carbocycles. The van der Waals surface area contributed by atoms with Crippen molar-refractivity contribution in [3.63, 3.8) is 0 Å². The average molecular weight is 380 g/mol. The van der Waals surface area contributed by atoms with E-state index in [9.17, 15) is 8.78 Å². The van der Waals surface area contributed by atoms with E-state index in [1.54, 1.807) is 23.8 Å². The summed E-state index contributed by atoms with van der Waals surface area (Å²) in [5.74, 6) is 0.431. The number of methoxy groups -OCH3 is 1. The molecule has 3 aromatic heterocycles. The highest BCUT2D eigenvalue weighted by molar-refractivity contribution is 5.61. The number of hydrogen-bond donors (Lipinski definition) is 0. The number of aromatic nitrogens is 6. The van der Waals surface area contributed by atoms with E-state index in [2.05, 4.69) is 25.1 Å². The Bertz CT molecular complexity index is 1130. The average Bonchev–Trinajstić information content (AvgIpc) is 3.11. The number of rotatable bonds is 4. The number of ether oxygens (including phenoxy) is 1. The molecule has 4 rings (SSSR count). The second-order valence-corrected chi connectivity index (χ2v) is 5.88. The number of halogens is 2. The lowest BCUT2D eigenvalue weighted by Gasteiger charge is -2.09. The van der Waals surface area contributed by atoms with Crippen LogP contribution in [0, 0.1) is 18.6 Å². The predicted octanol–water partition coefficient (Wildman–Crippen LogP) is 3.38. The van der Waals surface area contributed by atoms with Crippen LogP contribution in [0.25, 0.3) is 28.5 Å². The maximum Gasteiger partial charge on any atom is 0.213 e. The summed E-state index contributed by atoms with van der Waals surface area (Å²) in [6.07, 6.45) is 4.44. The van der Waals surface area contributed by atoms with Gasteiger partial charge in [-0.05, 0) is 31.2 Å². The Labute approximate surface area is 158 Å². The molecule has 0 amide bonds. The number of aryl methyl sites for hydroxylation is 1. The van der Waals surface area contributed by atoms with Crippen molar-refractivity contribution in [2.45, 2.75) is 6.92 Å². The highest BCUT2D eigenvalue weighted by atomic mass is 19.1. The topological polar surface area (TPSA) is 78.6 Å². The van der Waals surface area contributed by atoms with Gasteiger partial charge in [0.15, 0.2) is 5.82 Å². The van der Waals surface area contributed by atoms with Crippen LogP contribution in [0.1, 0.15) is 5.82 Å². The van der Waals surface area contributed by atoms with Crippen LogP contribution in [0.3, 0.4) is 0 Å². The van der Waals surface area contributed by atoms with Gasteiger partial charge >= 0.3 is 0 Å². The minimum atomic E-state index is -0.577. The SMILES string of the molecule is COc1ccc(-n2c(C)nnc2-c2cnc(-c3cc(F)ccc3F)cn2)cn1. The van der Waals surface area contributed by atoms with E-state index in [1.807, 2.05) is 6.07 Å². The van der Waals surface area contributed by atoms with Gasteiger partial charge in [-0.3, -0.25) is 9.55 Å². The van der Waals surface area contributed by atoms with E-state index in [-0.39, 0.29) is 11.3 Å². The van der Waals surface area contributed by atoms with Crippen LogP contribution in [0.4, 0.5) is 8.78 Å². The van der Waals surface area contributed by atoms with Crippen LogP contribution in [-0.4, -0.2) is 36.8 Å². The van der Waals surface area contributed by atoms with E-state index < -0.39 is 11.6 Å². The van der Waals surface area contributed by atoms with E-state index in [4.69, 9.17) is 4.74 Å². The quantitative estimate of drug-likeness (QED) is 0.540. The summed E-state index contributed by atoms with van der Waals surface area (Å²) in [6, 6.07) is 6.72. The summed E-state index contributed by atoms with van der Waals surface area (Å²) in [7, 11) is 1.54. The number of hydrogen-bond acceptors (Lipinski definition) is 6. The van der Waals surface area contributed by atoms with Gasteiger partial charge in [0.2, 0.25) is 5.88 Å². The first-order valence-electron chi connectivity index (χ1n) is 8.27. The molecule has 0 aliphatic carbocycles. The largest absolute Gasteiger partial charge is 0.481 e. The maximum absolute atomic E-state index is 14.0. The summed E-state index contributed by atoms with van der Waals surface area (Å²) >= 11 is 0. The Morgan fingerprint density at radius 2 is 1.68 bits per heavy atom. The Hall–Kier alpha value is -3.75. The van der Waals surface area contributed by atoms with Gasteiger partial charge in [0.05, 0.1) is 37.1 Å². The molecule has 4 aromatic rings. The van der Waals surface area contributed by atoms with Crippen LogP contribution in [0.2, 0.25) is 0 Å². The van der Waals surface area contributed by atoms with Gasteiger partial charge in [-0.1, -0.05) is 0 Å². The molecule has 0 atom stereocenters. The van der Waals surface area contributed by atoms with Gasteiger partial charge in [0.25, 0.3) is 0 Å². The summed E-state index contributed by atoms with van der Waals surface area (Å²) in [5.41, 5.74) is 1.41. The zero-order valence-corrected chi connectivity index (χ0v) is 15.0. The summed E-state index contributed by atoms with van der Waals surface area (Å²) < 4.78 is 34.2. The van der Waals surface area contributed by atoms with E-state index in [1.165, 1.54) is 19.5 Å². The van der Waals surface area contributed by atoms with E-state index >= 15 is 0 Å². The van der Waals surface area contributed by atoms with Gasteiger partial charge < -0.3 is 4.74 Å². The molecule has 0 fully saturated rings. The van der Waals surface area contributed by atoms with Gasteiger partial charge in [0, 0.05) is 11.6 Å². The second kappa shape index (κ2) is 7.10. The van der Waals surface area contributed by atoms with Crippen molar-refractivity contribution in [1.29, 1.82) is 0 Å². The fourth-order valence-electron chi connectivity index (χ4n) is 2.74. The zero-order chi connectivity index (χ0) is 19.7. The van der Waals surface area contributed by atoms with Gasteiger partial charge in [-0.25, -0.2) is 18.7 Å². The highest BCUT2D eigenvalue weighted by Crippen LogP contribution is 2.25. The molecule has 9 heteroatoms. The Morgan fingerprint density at radius 1 is 0.893 bits per heavy atom. The molecule has 3 heterocycles. The molecule has 28 heavy (non-hydrogen) atoms. The van der Waals surface area contributed by atoms with Gasteiger partial charge in [0.1, 0.15) is 23.2 Å². The zero-order valence-electron chi connectivity index (χ0n) is 15.0. The second-order valence-electron chi connectivity index (χ2n) is 5.88. The first-order valence-corrected chi connectivity index (χ1v) is 8.27. The molecule has 0 aliphatic rings. The molecular formula is C19H14F2N6O. The molecule has 0 unspecified atom stereocenters. The monoisotopic (exact) mass is 380 g/mol. The van der Waals surface area contributed by atoms with Crippen LogP contribution >= 0.6 is 0 Å². The van der Waals surface area contributed by atoms with Gasteiger partial charge in [-0.2, -0.15) is 0 Å². The lowest BCUT2D eigenvalue weighted by atomic mass is 10.1. The number of nitrogens with zero attached hydrogens (tertiary/aromatic N) is 6. The Morgan fingerprint density at radius 3 is 2.36 bits per heavy atom. The molecule has 140 valence electrons. The molecule has 0 saturated heterocycles. The van der Waals surface area contributed by atoms with Gasteiger partial charge in [-0.15, -0.1) is 10.2 Å². The van der Waals surface area contributed by atoms with Crippen molar-refractivity contribution in [1.82, 2.24) is 29.7 Å². The minimum absolute atomic E-state index is 0.0380. The molecule has 0 aliphatic heterocycles. The molecule has 0 spiro atoms. The fourth-order valence-corrected chi connectivity index (χ4v) is 2.74. The van der Waals surface area contributed by atoms with Crippen molar-refractivity contribution in [3.8, 4) is 34.3 Å². The van der Waals surface area contributed by atoms with Crippen molar-refractivity contribution >= 4 is 0 Å². The first kappa shape index (κ1) is 17.7. The first-order chi connectivity index (χ1) is 13.6. The number of benzene rings is 1. The molecule has 0 bridgehead atoms. The molecule has 7 nitrogen and oxygen atoms in total. The minimum Gasteiger partial charge on any atom is -0.481 e. The van der Waals surface area contributed by atoms with Crippen LogP contribution in [0.5, 0.6) is 5.88 Å². The van der Waals surface area contributed by atoms with Crippen molar-refractivity contribution in [2.75, 3.05) is 7.11 Å². The van der Waals surface area contributed by atoms with Crippen molar-refractivity contribution in [2.24, 2.45) is 0 Å². The summed E-state index contributed by atoms with van der Waals surface area (Å²) in [5, 5.41) is 8.25. The standard InChI is InChI=1S/C19H14F2N6O/c1-11-25-26-19(27(11)13-4-6-18(28-2)24-8-13)17-10-22-16(9-23-17)14-7-12(20)3-5-15(14)21/h3-10H,1-2H3. The third-order valence-corrected chi connectivity index (χ3v) is 4.10. The Kier molecular flexibility index (Phi) is 4.48. The number of pyridine rings is 1. The normalized spacial score (nSPS) is 10.9. The predicted molar refractivity (Wildman–Crippen MR) is 96.8 cm³/mol. The summed E-state index contributed by atoms with van der Waals surface area (Å²) in [6.45, 7) is 1.80. The molecule has 0 N–H and O–H groups in total. The smallest absolute Gasteiger partial charge is 0.213 e. The van der Waals surface area contributed by atoms with Crippen LogP contribution in [0.15, 0.2) is 48.9 Å². The van der Waals surface area contributed by atoms with Crippen molar-refractivity contribution < 1.29 is 13.5 Å². The molecule has 0 radical (unpaired) electrons. The lowest BCUT2D eigenvalue weighted by Crippen LogP contribution is -2.02. The molecular weight excluding hydrogens is 366 g/mol.